The highest BCUT2D eigenvalue weighted by Crippen LogP contribution is 2.42. The van der Waals surface area contributed by atoms with Crippen LogP contribution in [0.3, 0.4) is 0 Å². The van der Waals surface area contributed by atoms with Gasteiger partial charge in [0.25, 0.3) is 0 Å². The molecule has 7 atom stereocenters. The molecular weight excluding hydrogens is 375 g/mol. The van der Waals surface area contributed by atoms with E-state index < -0.39 is 54.1 Å². The first-order valence-electron chi connectivity index (χ1n) is 8.97. The fraction of sp³-hybridized carbons (Fsp3) is 0.579. The Morgan fingerprint density at radius 3 is 2.29 bits per heavy atom. The van der Waals surface area contributed by atoms with Crippen molar-refractivity contribution in [2.75, 3.05) is 6.61 Å². The minimum atomic E-state index is -2.00. The van der Waals surface area contributed by atoms with Crippen LogP contribution in [-0.4, -0.2) is 84.1 Å². The van der Waals surface area contributed by atoms with E-state index in [2.05, 4.69) is 0 Å². The van der Waals surface area contributed by atoms with Crippen LogP contribution < -0.4 is 0 Å². The zero-order chi connectivity index (χ0) is 20.7. The fourth-order valence-corrected chi connectivity index (χ4v) is 4.13. The standard InChI is InChI=1S/C19H25FO8/c20-11-3-1-10(2-4-11)5-18(26)6-12(22)7-19(27,9-18)17-16(25)15(24)14(23)13(8-21)28-17/h1-4,6,13-17,21-27H,5,7-9H2/t13-,14-,15+,16-,17-,18?,19?/m1/s1. The van der Waals surface area contributed by atoms with Gasteiger partial charge >= 0.3 is 0 Å². The van der Waals surface area contributed by atoms with E-state index in [-0.39, 0.29) is 25.0 Å². The Morgan fingerprint density at radius 1 is 1.04 bits per heavy atom. The van der Waals surface area contributed by atoms with E-state index in [1.165, 1.54) is 30.3 Å². The van der Waals surface area contributed by atoms with E-state index in [1.54, 1.807) is 0 Å². The molecule has 156 valence electrons. The third-order valence-electron chi connectivity index (χ3n) is 5.38. The van der Waals surface area contributed by atoms with E-state index >= 15 is 0 Å². The molecule has 0 bridgehead atoms. The van der Waals surface area contributed by atoms with Gasteiger partial charge in [0.05, 0.1) is 18.0 Å². The Hall–Kier alpha value is -1.59. The van der Waals surface area contributed by atoms with Crippen LogP contribution >= 0.6 is 0 Å². The van der Waals surface area contributed by atoms with Gasteiger partial charge in [-0.3, -0.25) is 0 Å². The number of rotatable bonds is 4. The normalized spacial score (nSPS) is 41.5. The molecular formula is C19H25FO8. The molecule has 7 N–H and O–H groups in total. The Bertz CT molecular complexity index is 723. The van der Waals surface area contributed by atoms with E-state index in [0.717, 1.165) is 0 Å². The van der Waals surface area contributed by atoms with Crippen molar-refractivity contribution in [3.63, 3.8) is 0 Å². The summed E-state index contributed by atoms with van der Waals surface area (Å²) in [7, 11) is 0. The second-order valence-electron chi connectivity index (χ2n) is 7.75. The third-order valence-corrected chi connectivity index (χ3v) is 5.38. The lowest BCUT2D eigenvalue weighted by Crippen LogP contribution is -2.67. The zero-order valence-corrected chi connectivity index (χ0v) is 15.0. The molecule has 8 nitrogen and oxygen atoms in total. The maximum Gasteiger partial charge on any atom is 0.123 e. The minimum absolute atomic E-state index is 0.0585. The Balaban J connectivity index is 1.87. The smallest absolute Gasteiger partial charge is 0.123 e. The summed E-state index contributed by atoms with van der Waals surface area (Å²) in [4.78, 5) is 0. The molecule has 3 rings (SSSR count). The van der Waals surface area contributed by atoms with Gasteiger partial charge in [-0.15, -0.1) is 0 Å². The van der Waals surface area contributed by atoms with Crippen molar-refractivity contribution in [1.29, 1.82) is 0 Å². The first kappa shape index (κ1) is 21.1. The highest BCUT2D eigenvalue weighted by molar-refractivity contribution is 5.25. The third kappa shape index (κ3) is 4.06. The summed E-state index contributed by atoms with van der Waals surface area (Å²) in [5.41, 5.74) is -3.19. The molecule has 0 amide bonds. The molecule has 2 unspecified atom stereocenters. The van der Waals surface area contributed by atoms with Crippen LogP contribution in [0.1, 0.15) is 18.4 Å². The topological polar surface area (TPSA) is 151 Å². The number of aliphatic hydroxyl groups excluding tert-OH is 5. The van der Waals surface area contributed by atoms with Crippen LogP contribution in [0.15, 0.2) is 36.1 Å². The van der Waals surface area contributed by atoms with Crippen LogP contribution in [0.25, 0.3) is 0 Å². The van der Waals surface area contributed by atoms with Crippen molar-refractivity contribution in [1.82, 2.24) is 0 Å². The van der Waals surface area contributed by atoms with Crippen molar-refractivity contribution in [3.05, 3.63) is 47.5 Å². The van der Waals surface area contributed by atoms with Crippen LogP contribution in [0, 0.1) is 5.82 Å². The summed E-state index contributed by atoms with van der Waals surface area (Å²) in [5.74, 6) is -0.800. The van der Waals surface area contributed by atoms with Gasteiger partial charge in [0.1, 0.15) is 41.9 Å². The van der Waals surface area contributed by atoms with Crippen LogP contribution in [0.2, 0.25) is 0 Å². The van der Waals surface area contributed by atoms with Gasteiger partial charge in [-0.1, -0.05) is 12.1 Å². The maximum absolute atomic E-state index is 13.1. The molecule has 0 aromatic heterocycles. The van der Waals surface area contributed by atoms with E-state index in [0.29, 0.717) is 5.56 Å². The Labute approximate surface area is 160 Å². The van der Waals surface area contributed by atoms with Gasteiger partial charge in [-0.05, 0) is 23.8 Å². The summed E-state index contributed by atoms with van der Waals surface area (Å²) in [6.45, 7) is -0.667. The number of halogens is 1. The summed E-state index contributed by atoms with van der Waals surface area (Å²) >= 11 is 0. The second kappa shape index (κ2) is 7.68. The minimum Gasteiger partial charge on any atom is -0.512 e. The molecule has 1 aliphatic carbocycles. The van der Waals surface area contributed by atoms with Crippen molar-refractivity contribution >= 4 is 0 Å². The predicted octanol–water partition coefficient (Wildman–Crippen LogP) is -1.09. The predicted molar refractivity (Wildman–Crippen MR) is 93.7 cm³/mol. The maximum atomic E-state index is 13.1. The molecule has 1 aliphatic heterocycles. The molecule has 1 heterocycles. The average Bonchev–Trinajstić information content (AvgIpc) is 2.60. The number of hydrogen-bond donors (Lipinski definition) is 7. The number of aliphatic hydroxyl groups is 7. The SMILES string of the molecule is OC[C@H]1O[C@@H](C2(O)CC(O)=CC(O)(Cc3ccc(F)cc3)C2)[C@H](O)[C@@H](O)[C@@H]1O. The van der Waals surface area contributed by atoms with Gasteiger partial charge in [-0.25, -0.2) is 4.39 Å². The van der Waals surface area contributed by atoms with E-state index in [9.17, 15) is 40.1 Å². The van der Waals surface area contributed by atoms with Crippen molar-refractivity contribution in [2.24, 2.45) is 0 Å². The van der Waals surface area contributed by atoms with Crippen LogP contribution in [-0.2, 0) is 11.2 Å². The lowest BCUT2D eigenvalue weighted by molar-refractivity contribution is -0.277. The van der Waals surface area contributed by atoms with Crippen molar-refractivity contribution in [2.45, 2.75) is 61.0 Å². The van der Waals surface area contributed by atoms with Crippen molar-refractivity contribution in [3.8, 4) is 0 Å². The Kier molecular flexibility index (Phi) is 5.79. The fourth-order valence-electron chi connectivity index (χ4n) is 4.13. The second-order valence-corrected chi connectivity index (χ2v) is 7.75. The molecule has 1 aromatic carbocycles. The summed E-state index contributed by atoms with van der Waals surface area (Å²) in [5, 5.41) is 71.8. The summed E-state index contributed by atoms with van der Waals surface area (Å²) in [6.07, 6.45) is -7.35. The molecule has 2 aliphatic rings. The van der Waals surface area contributed by atoms with E-state index in [4.69, 9.17) is 4.74 Å². The lowest BCUT2D eigenvalue weighted by Gasteiger charge is -2.50. The van der Waals surface area contributed by atoms with Crippen LogP contribution in [0.4, 0.5) is 4.39 Å². The molecule has 28 heavy (non-hydrogen) atoms. The highest BCUT2D eigenvalue weighted by Gasteiger charge is 2.56. The first-order chi connectivity index (χ1) is 13.1. The monoisotopic (exact) mass is 400 g/mol. The molecule has 1 fully saturated rings. The van der Waals surface area contributed by atoms with Gasteiger partial charge in [-0.2, -0.15) is 0 Å². The molecule has 1 aromatic rings. The molecule has 0 radical (unpaired) electrons. The molecule has 0 spiro atoms. The van der Waals surface area contributed by atoms with Gasteiger partial charge < -0.3 is 40.5 Å². The average molecular weight is 400 g/mol. The largest absolute Gasteiger partial charge is 0.512 e. The van der Waals surface area contributed by atoms with E-state index in [1.807, 2.05) is 0 Å². The zero-order valence-electron chi connectivity index (χ0n) is 15.0. The summed E-state index contributed by atoms with van der Waals surface area (Å²) in [6, 6.07) is 5.35. The number of ether oxygens (including phenoxy) is 1. The van der Waals surface area contributed by atoms with Gasteiger partial charge in [0.2, 0.25) is 0 Å². The molecule has 9 heteroatoms. The number of benzene rings is 1. The lowest BCUT2D eigenvalue weighted by atomic mass is 9.71. The van der Waals surface area contributed by atoms with Crippen LogP contribution in [0.5, 0.6) is 0 Å². The van der Waals surface area contributed by atoms with Gasteiger partial charge in [0, 0.05) is 19.3 Å². The highest BCUT2D eigenvalue weighted by atomic mass is 19.1. The molecule has 0 saturated carbocycles. The quantitative estimate of drug-likeness (QED) is 0.337. The Morgan fingerprint density at radius 2 is 1.68 bits per heavy atom. The first-order valence-corrected chi connectivity index (χ1v) is 8.97. The summed E-state index contributed by atoms with van der Waals surface area (Å²) < 4.78 is 18.5. The number of hydrogen-bond acceptors (Lipinski definition) is 8. The van der Waals surface area contributed by atoms with Gasteiger partial charge in [0.15, 0.2) is 0 Å². The molecule has 1 saturated heterocycles. The van der Waals surface area contributed by atoms with Crippen molar-refractivity contribution < 1.29 is 44.9 Å².